The highest BCUT2D eigenvalue weighted by molar-refractivity contribution is 6.06. The molecule has 1 aliphatic carbocycles. The molecule has 1 saturated heterocycles. The zero-order valence-electron chi connectivity index (χ0n) is 10.4. The molecule has 2 aliphatic rings. The van der Waals surface area contributed by atoms with Crippen LogP contribution in [0.15, 0.2) is 17.7 Å². The number of carbonyl (C=O) groups excluding carboxylic acids is 1. The Bertz CT molecular complexity index is 545. The average Bonchev–Trinajstić information content (AvgIpc) is 2.86. The van der Waals surface area contributed by atoms with Crippen LogP contribution in [0.1, 0.15) is 15.9 Å². The number of ether oxygens (including phenoxy) is 3. The van der Waals surface area contributed by atoms with E-state index in [4.69, 9.17) is 14.2 Å². The van der Waals surface area contributed by atoms with Crippen LogP contribution in [0.3, 0.4) is 0 Å². The number of fused-ring (bicyclic) bond motifs is 2. The van der Waals surface area contributed by atoms with Gasteiger partial charge in [-0.05, 0) is 23.3 Å². The van der Waals surface area contributed by atoms with Crippen molar-refractivity contribution in [2.75, 3.05) is 27.4 Å². The fraction of sp³-hybridized carbons (Fsp3) is 0.357. The van der Waals surface area contributed by atoms with E-state index < -0.39 is 0 Å². The van der Waals surface area contributed by atoms with Crippen LogP contribution in [0.5, 0.6) is 11.5 Å². The van der Waals surface area contributed by atoms with Crippen molar-refractivity contribution in [2.24, 2.45) is 5.92 Å². The van der Waals surface area contributed by atoms with E-state index in [9.17, 15) is 4.79 Å². The van der Waals surface area contributed by atoms with E-state index in [1.807, 2.05) is 12.1 Å². The van der Waals surface area contributed by atoms with Gasteiger partial charge in [0.25, 0.3) is 0 Å². The van der Waals surface area contributed by atoms with Crippen molar-refractivity contribution < 1.29 is 19.0 Å². The number of methoxy groups -OCH3 is 2. The van der Waals surface area contributed by atoms with Gasteiger partial charge in [-0.25, -0.2) is 0 Å². The molecule has 1 aliphatic heterocycles. The van der Waals surface area contributed by atoms with Gasteiger partial charge in [0, 0.05) is 5.56 Å². The van der Waals surface area contributed by atoms with Crippen LogP contribution < -0.4 is 9.47 Å². The Morgan fingerprint density at radius 2 is 1.94 bits per heavy atom. The lowest BCUT2D eigenvalue weighted by Gasteiger charge is -2.19. The second-order valence-corrected chi connectivity index (χ2v) is 4.45. The minimum Gasteiger partial charge on any atom is -0.493 e. The summed E-state index contributed by atoms with van der Waals surface area (Å²) >= 11 is 0. The van der Waals surface area contributed by atoms with E-state index in [0.29, 0.717) is 30.3 Å². The summed E-state index contributed by atoms with van der Waals surface area (Å²) in [6, 6.07) is 3.59. The van der Waals surface area contributed by atoms with Crippen molar-refractivity contribution >= 4 is 11.9 Å². The highest BCUT2D eigenvalue weighted by atomic mass is 16.5. The van der Waals surface area contributed by atoms with Gasteiger partial charge >= 0.3 is 0 Å². The molecule has 18 heavy (non-hydrogen) atoms. The van der Waals surface area contributed by atoms with Crippen molar-refractivity contribution in [3.63, 3.8) is 0 Å². The van der Waals surface area contributed by atoms with E-state index in [2.05, 4.69) is 0 Å². The standard InChI is InChI=1S/C14H14O4/c1-16-12-4-8-3-9-6-18-7-11(9)14(15)10(8)5-13(12)17-2/h3-5,11H,6-7H2,1-2H3. The van der Waals surface area contributed by atoms with E-state index in [1.54, 1.807) is 20.3 Å². The molecule has 1 aromatic carbocycles. The smallest absolute Gasteiger partial charge is 0.173 e. The molecule has 0 radical (unpaired) electrons. The molecule has 0 aromatic heterocycles. The second kappa shape index (κ2) is 4.14. The van der Waals surface area contributed by atoms with Gasteiger partial charge in [0.15, 0.2) is 17.3 Å². The summed E-state index contributed by atoms with van der Waals surface area (Å²) in [5, 5.41) is 0. The number of hydrogen-bond donors (Lipinski definition) is 0. The lowest BCUT2D eigenvalue weighted by Crippen LogP contribution is -2.21. The number of benzene rings is 1. The minimum atomic E-state index is -0.115. The monoisotopic (exact) mass is 246 g/mol. The van der Waals surface area contributed by atoms with E-state index in [0.717, 1.165) is 11.1 Å². The number of rotatable bonds is 2. The summed E-state index contributed by atoms with van der Waals surface area (Å²) in [7, 11) is 3.15. The summed E-state index contributed by atoms with van der Waals surface area (Å²) in [5.74, 6) is 1.22. The van der Waals surface area contributed by atoms with Crippen molar-refractivity contribution in [2.45, 2.75) is 0 Å². The number of hydrogen-bond acceptors (Lipinski definition) is 4. The molecule has 4 nitrogen and oxygen atoms in total. The third kappa shape index (κ3) is 1.53. The van der Waals surface area contributed by atoms with E-state index in [1.165, 1.54) is 0 Å². The number of ketones is 1. The fourth-order valence-electron chi connectivity index (χ4n) is 2.50. The Morgan fingerprint density at radius 1 is 1.22 bits per heavy atom. The van der Waals surface area contributed by atoms with E-state index in [-0.39, 0.29) is 11.7 Å². The van der Waals surface area contributed by atoms with Gasteiger partial charge < -0.3 is 14.2 Å². The number of carbonyl (C=O) groups is 1. The van der Waals surface area contributed by atoms with Gasteiger partial charge in [0.1, 0.15) is 0 Å². The van der Waals surface area contributed by atoms with E-state index >= 15 is 0 Å². The Hall–Kier alpha value is -1.81. The highest BCUT2D eigenvalue weighted by Gasteiger charge is 2.34. The molecule has 1 fully saturated rings. The van der Waals surface area contributed by atoms with Crippen molar-refractivity contribution in [3.05, 3.63) is 28.8 Å². The first kappa shape index (κ1) is 11.3. The van der Waals surface area contributed by atoms with Gasteiger partial charge in [-0.1, -0.05) is 6.08 Å². The molecule has 1 heterocycles. The Morgan fingerprint density at radius 3 is 2.67 bits per heavy atom. The SMILES string of the molecule is COc1cc2c(cc1OC)C(=O)C1COCC1=C2. The van der Waals surface area contributed by atoms with Crippen LogP contribution in [0.25, 0.3) is 6.08 Å². The molecule has 94 valence electrons. The normalized spacial score (nSPS) is 21.1. The molecule has 4 heteroatoms. The maximum atomic E-state index is 12.3. The average molecular weight is 246 g/mol. The molecule has 0 N–H and O–H groups in total. The van der Waals surface area contributed by atoms with Gasteiger partial charge in [0.2, 0.25) is 0 Å². The van der Waals surface area contributed by atoms with Crippen LogP contribution in [-0.2, 0) is 4.74 Å². The first-order chi connectivity index (χ1) is 8.74. The van der Waals surface area contributed by atoms with Crippen LogP contribution in [0.2, 0.25) is 0 Å². The molecule has 1 aromatic rings. The molecule has 0 saturated carbocycles. The largest absolute Gasteiger partial charge is 0.493 e. The van der Waals surface area contributed by atoms with Gasteiger partial charge in [0.05, 0.1) is 33.4 Å². The summed E-state index contributed by atoms with van der Waals surface area (Å²) in [6.07, 6.45) is 2.02. The lowest BCUT2D eigenvalue weighted by molar-refractivity contribution is 0.0907. The van der Waals surface area contributed by atoms with Crippen LogP contribution >= 0.6 is 0 Å². The van der Waals surface area contributed by atoms with Gasteiger partial charge in [-0.2, -0.15) is 0 Å². The van der Waals surface area contributed by atoms with Crippen LogP contribution in [-0.4, -0.2) is 33.2 Å². The predicted octanol–water partition coefficient (Wildman–Crippen LogP) is 1.93. The molecular formula is C14H14O4. The van der Waals surface area contributed by atoms with Crippen molar-refractivity contribution in [3.8, 4) is 11.5 Å². The second-order valence-electron chi connectivity index (χ2n) is 4.45. The molecule has 1 atom stereocenters. The molecule has 0 bridgehead atoms. The summed E-state index contributed by atoms with van der Waals surface area (Å²) in [4.78, 5) is 12.3. The molecule has 1 unspecified atom stereocenters. The Kier molecular flexibility index (Phi) is 2.59. The topological polar surface area (TPSA) is 44.8 Å². The Labute approximate surface area is 105 Å². The molecule has 3 rings (SSSR count). The lowest BCUT2D eigenvalue weighted by atomic mass is 9.84. The molecule has 0 spiro atoms. The summed E-state index contributed by atoms with van der Waals surface area (Å²) < 4.78 is 15.8. The Balaban J connectivity index is 2.16. The van der Waals surface area contributed by atoms with Crippen LogP contribution in [0.4, 0.5) is 0 Å². The predicted molar refractivity (Wildman–Crippen MR) is 66.2 cm³/mol. The maximum absolute atomic E-state index is 12.3. The third-order valence-corrected chi connectivity index (χ3v) is 3.48. The highest BCUT2D eigenvalue weighted by Crippen LogP contribution is 2.38. The summed E-state index contributed by atoms with van der Waals surface area (Å²) in [6.45, 7) is 1.03. The van der Waals surface area contributed by atoms with Gasteiger partial charge in [-0.3, -0.25) is 4.79 Å². The quantitative estimate of drug-likeness (QED) is 0.799. The maximum Gasteiger partial charge on any atom is 0.173 e. The third-order valence-electron chi connectivity index (χ3n) is 3.48. The first-order valence-corrected chi connectivity index (χ1v) is 5.83. The zero-order valence-corrected chi connectivity index (χ0v) is 10.4. The minimum absolute atomic E-state index is 0.112. The van der Waals surface area contributed by atoms with Gasteiger partial charge in [-0.15, -0.1) is 0 Å². The zero-order chi connectivity index (χ0) is 12.7. The molecular weight excluding hydrogens is 232 g/mol. The molecule has 0 amide bonds. The fourth-order valence-corrected chi connectivity index (χ4v) is 2.50. The summed E-state index contributed by atoms with van der Waals surface area (Å²) in [5.41, 5.74) is 2.63. The van der Waals surface area contributed by atoms with Crippen LogP contribution in [0, 0.1) is 5.92 Å². The first-order valence-electron chi connectivity index (χ1n) is 5.83. The van der Waals surface area contributed by atoms with Crippen molar-refractivity contribution in [1.29, 1.82) is 0 Å². The van der Waals surface area contributed by atoms with Crippen molar-refractivity contribution in [1.82, 2.24) is 0 Å². The number of Topliss-reactive ketones (excluding diaryl/α,β-unsaturated/α-hetero) is 1.